The molecule has 0 aromatic heterocycles. The molecule has 2 rings (SSSR count). The van der Waals surface area contributed by atoms with Gasteiger partial charge in [-0.05, 0) is 12.1 Å². The minimum atomic E-state index is 0.857. The van der Waals surface area contributed by atoms with Crippen LogP contribution < -0.4 is 10.6 Å². The minimum Gasteiger partial charge on any atom is -0.398 e. The highest BCUT2D eigenvalue weighted by molar-refractivity contribution is 5.79. The zero-order valence-electron chi connectivity index (χ0n) is 9.12. The predicted octanol–water partition coefficient (Wildman–Crippen LogP) is 2.76. The molecule has 0 saturated heterocycles. The van der Waals surface area contributed by atoms with Crippen LogP contribution >= 0.6 is 0 Å². The van der Waals surface area contributed by atoms with Crippen molar-refractivity contribution in [1.82, 2.24) is 0 Å². The maximum atomic E-state index is 5.83. The first kappa shape index (κ1) is 10.6. The number of likely N-dealkylation sites (N-methyl/N-ethyl adjacent to an activating group) is 1. The van der Waals surface area contributed by atoms with E-state index in [9.17, 15) is 0 Å². The maximum Gasteiger partial charge on any atom is 0.0460 e. The summed E-state index contributed by atoms with van der Waals surface area (Å²) in [5, 5.41) is 0. The predicted molar refractivity (Wildman–Crippen MR) is 64.5 cm³/mol. The van der Waals surface area contributed by atoms with E-state index in [1.807, 2.05) is 26.0 Å². The second kappa shape index (κ2) is 4.70. The first-order chi connectivity index (χ1) is 6.79. The molecule has 0 radical (unpaired) electrons. The molecule has 1 heterocycles. The summed E-state index contributed by atoms with van der Waals surface area (Å²) in [7, 11) is 2.07. The van der Waals surface area contributed by atoms with Gasteiger partial charge >= 0.3 is 0 Å². The molecule has 2 nitrogen and oxygen atoms in total. The standard InChI is InChI=1S/C10H12N2.C2H6/c1-12-7-3-4-8-9(11)5-2-6-10(8)12;1-2/h2-6H,7,11H2,1H3;1-2H3. The molecular weight excluding hydrogens is 172 g/mol. The molecule has 0 atom stereocenters. The van der Waals surface area contributed by atoms with E-state index in [1.165, 1.54) is 5.69 Å². The van der Waals surface area contributed by atoms with Crippen molar-refractivity contribution in [3.8, 4) is 0 Å². The fourth-order valence-electron chi connectivity index (χ4n) is 1.51. The molecule has 2 N–H and O–H groups in total. The fraction of sp³-hybridized carbons (Fsp3) is 0.333. The van der Waals surface area contributed by atoms with Crippen LogP contribution in [-0.4, -0.2) is 13.6 Å². The topological polar surface area (TPSA) is 29.3 Å². The van der Waals surface area contributed by atoms with Gasteiger partial charge in [-0.25, -0.2) is 0 Å². The summed E-state index contributed by atoms with van der Waals surface area (Å²) in [5.74, 6) is 0. The van der Waals surface area contributed by atoms with E-state index >= 15 is 0 Å². The molecule has 1 aromatic rings. The van der Waals surface area contributed by atoms with Crippen molar-refractivity contribution in [2.24, 2.45) is 0 Å². The van der Waals surface area contributed by atoms with Gasteiger partial charge in [0.1, 0.15) is 0 Å². The lowest BCUT2D eigenvalue weighted by atomic mass is 10.1. The Morgan fingerprint density at radius 1 is 1.29 bits per heavy atom. The SMILES string of the molecule is CC.CN1CC=Cc2c(N)cccc21. The van der Waals surface area contributed by atoms with Gasteiger partial charge in [0.05, 0.1) is 0 Å². The number of nitrogens with two attached hydrogens (primary N) is 1. The third-order valence-corrected chi connectivity index (χ3v) is 2.19. The average Bonchev–Trinajstić information content (AvgIpc) is 2.23. The monoisotopic (exact) mass is 190 g/mol. The van der Waals surface area contributed by atoms with Crippen LogP contribution in [-0.2, 0) is 0 Å². The lowest BCUT2D eigenvalue weighted by Gasteiger charge is -2.24. The first-order valence-corrected chi connectivity index (χ1v) is 5.05. The van der Waals surface area contributed by atoms with Crippen molar-refractivity contribution >= 4 is 17.5 Å². The van der Waals surface area contributed by atoms with Gasteiger partial charge in [-0.3, -0.25) is 0 Å². The summed E-state index contributed by atoms with van der Waals surface area (Å²) in [6.45, 7) is 4.97. The molecular formula is C12H18N2. The molecule has 1 aliphatic heterocycles. The van der Waals surface area contributed by atoms with Gasteiger partial charge in [0, 0.05) is 30.5 Å². The van der Waals surface area contributed by atoms with Crippen LogP contribution in [0.4, 0.5) is 11.4 Å². The smallest absolute Gasteiger partial charge is 0.0460 e. The summed E-state index contributed by atoms with van der Waals surface area (Å²) >= 11 is 0. The van der Waals surface area contributed by atoms with Crippen LogP contribution in [0.25, 0.3) is 6.08 Å². The van der Waals surface area contributed by atoms with Crippen LogP contribution in [0.5, 0.6) is 0 Å². The molecule has 0 aliphatic carbocycles. The molecule has 0 fully saturated rings. The minimum absolute atomic E-state index is 0.857. The number of nitrogen functional groups attached to an aromatic ring is 1. The molecule has 76 valence electrons. The number of rotatable bonds is 0. The number of hydrogen-bond donors (Lipinski definition) is 1. The third-order valence-electron chi connectivity index (χ3n) is 2.19. The van der Waals surface area contributed by atoms with E-state index in [-0.39, 0.29) is 0 Å². The van der Waals surface area contributed by atoms with Gasteiger partial charge in [0.25, 0.3) is 0 Å². The van der Waals surface area contributed by atoms with Crippen LogP contribution in [0.1, 0.15) is 19.4 Å². The summed E-state index contributed by atoms with van der Waals surface area (Å²) in [6, 6.07) is 6.02. The van der Waals surface area contributed by atoms with Crippen molar-refractivity contribution in [3.05, 3.63) is 29.8 Å². The third kappa shape index (κ3) is 1.90. The van der Waals surface area contributed by atoms with Gasteiger partial charge in [-0.1, -0.05) is 32.1 Å². The number of hydrogen-bond acceptors (Lipinski definition) is 2. The Morgan fingerprint density at radius 2 is 2.00 bits per heavy atom. The zero-order chi connectivity index (χ0) is 10.6. The molecule has 14 heavy (non-hydrogen) atoms. The number of fused-ring (bicyclic) bond motifs is 1. The van der Waals surface area contributed by atoms with E-state index in [2.05, 4.69) is 30.2 Å². The van der Waals surface area contributed by atoms with Gasteiger partial charge in [-0.15, -0.1) is 0 Å². The lowest BCUT2D eigenvalue weighted by molar-refractivity contribution is 1.02. The molecule has 1 aromatic carbocycles. The Kier molecular flexibility index (Phi) is 3.57. The van der Waals surface area contributed by atoms with Crippen molar-refractivity contribution in [3.63, 3.8) is 0 Å². The van der Waals surface area contributed by atoms with Crippen LogP contribution in [0, 0.1) is 0 Å². The highest BCUT2D eigenvalue weighted by Crippen LogP contribution is 2.28. The summed E-state index contributed by atoms with van der Waals surface area (Å²) in [6.07, 6.45) is 4.21. The van der Waals surface area contributed by atoms with Crippen LogP contribution in [0.2, 0.25) is 0 Å². The quantitative estimate of drug-likeness (QED) is 0.637. The van der Waals surface area contributed by atoms with Crippen LogP contribution in [0.3, 0.4) is 0 Å². The summed E-state index contributed by atoms with van der Waals surface area (Å²) in [5.41, 5.74) is 9.05. The maximum absolute atomic E-state index is 5.83. The Labute approximate surface area is 86.0 Å². The molecule has 0 bridgehead atoms. The van der Waals surface area contributed by atoms with Gasteiger partial charge in [-0.2, -0.15) is 0 Å². The van der Waals surface area contributed by atoms with E-state index in [0.29, 0.717) is 0 Å². The number of nitrogens with zero attached hydrogens (tertiary/aromatic N) is 1. The summed E-state index contributed by atoms with van der Waals surface area (Å²) in [4.78, 5) is 2.19. The van der Waals surface area contributed by atoms with Crippen molar-refractivity contribution in [2.75, 3.05) is 24.2 Å². The van der Waals surface area contributed by atoms with Crippen molar-refractivity contribution in [2.45, 2.75) is 13.8 Å². The van der Waals surface area contributed by atoms with E-state index in [4.69, 9.17) is 5.73 Å². The van der Waals surface area contributed by atoms with Gasteiger partial charge in [0.2, 0.25) is 0 Å². The van der Waals surface area contributed by atoms with E-state index in [1.54, 1.807) is 0 Å². The Morgan fingerprint density at radius 3 is 2.64 bits per heavy atom. The first-order valence-electron chi connectivity index (χ1n) is 5.05. The van der Waals surface area contributed by atoms with E-state index < -0.39 is 0 Å². The lowest BCUT2D eigenvalue weighted by Crippen LogP contribution is -2.20. The molecule has 0 unspecified atom stereocenters. The van der Waals surface area contributed by atoms with Crippen molar-refractivity contribution in [1.29, 1.82) is 0 Å². The number of benzene rings is 1. The largest absolute Gasteiger partial charge is 0.398 e. The molecule has 1 aliphatic rings. The number of anilines is 2. The summed E-state index contributed by atoms with van der Waals surface area (Å²) < 4.78 is 0. The Bertz CT molecular complexity index is 329. The van der Waals surface area contributed by atoms with Crippen LogP contribution in [0.15, 0.2) is 24.3 Å². The molecule has 0 amide bonds. The fourth-order valence-corrected chi connectivity index (χ4v) is 1.51. The highest BCUT2D eigenvalue weighted by Gasteiger charge is 2.09. The average molecular weight is 190 g/mol. The zero-order valence-corrected chi connectivity index (χ0v) is 9.12. The Hall–Kier alpha value is -1.44. The second-order valence-electron chi connectivity index (χ2n) is 3.06. The second-order valence-corrected chi connectivity index (χ2v) is 3.06. The normalized spacial score (nSPS) is 12.9. The van der Waals surface area contributed by atoms with Gasteiger partial charge in [0.15, 0.2) is 0 Å². The Balaban J connectivity index is 0.000000461. The van der Waals surface area contributed by atoms with Gasteiger partial charge < -0.3 is 10.6 Å². The molecule has 2 heteroatoms. The molecule has 0 saturated carbocycles. The highest BCUT2D eigenvalue weighted by atomic mass is 15.1. The molecule has 0 spiro atoms. The van der Waals surface area contributed by atoms with Crippen molar-refractivity contribution < 1.29 is 0 Å². The van der Waals surface area contributed by atoms with E-state index in [0.717, 1.165) is 17.8 Å².